The molecule has 0 aliphatic carbocycles. The molecule has 0 aliphatic heterocycles. The van der Waals surface area contributed by atoms with Crippen LogP contribution in [-0.2, 0) is 30.4 Å². The van der Waals surface area contributed by atoms with Gasteiger partial charge in [0, 0.05) is 22.7 Å². The zero-order chi connectivity index (χ0) is 37.4. The Kier molecular flexibility index (Phi) is 12.1. The van der Waals surface area contributed by atoms with Crippen LogP contribution in [-0.4, -0.2) is 38.9 Å². The summed E-state index contributed by atoms with van der Waals surface area (Å²) in [5.41, 5.74) is 34.5. The topological polar surface area (TPSA) is 343 Å². The predicted molar refractivity (Wildman–Crippen MR) is 195 cm³/mol. The lowest BCUT2D eigenvalue weighted by atomic mass is 10.2. The van der Waals surface area contributed by atoms with E-state index in [1.54, 1.807) is 36.4 Å². The van der Waals surface area contributed by atoms with E-state index in [1.165, 1.54) is 24.3 Å². The molecule has 0 radical (unpaired) electrons. The van der Waals surface area contributed by atoms with Crippen LogP contribution in [0.25, 0.3) is 0 Å². The van der Waals surface area contributed by atoms with Crippen molar-refractivity contribution >= 4 is 87.2 Å². The van der Waals surface area contributed by atoms with Crippen molar-refractivity contribution in [1.29, 1.82) is 0 Å². The number of hydrogen-bond donors (Lipinski definition) is 11. The summed E-state index contributed by atoms with van der Waals surface area (Å²) >= 11 is 0. The Morgan fingerprint density at radius 2 is 0.780 bits per heavy atom. The lowest BCUT2D eigenvalue weighted by Gasteiger charge is -2.10. The molecule has 0 saturated heterocycles. The fourth-order valence-corrected chi connectivity index (χ4v) is 6.04. The normalized spacial score (nSPS) is 11.3. The Balaban J connectivity index is 0.000000205. The fourth-order valence-electron chi connectivity index (χ4n) is 4.01. The van der Waals surface area contributed by atoms with Crippen molar-refractivity contribution in [3.8, 4) is 0 Å². The molecule has 0 aromatic heterocycles. The minimum atomic E-state index is -4.44. The standard InChI is InChI=1S/2C12H12N2O3S.C6H10N4O3S/c2*13-9-6-7-11(12(8-9)18(15,16)17)14-10-4-2-1-3-5-10;7-2-1-3(14(11,12)13)5(9)6(10)4(2)8/h2*1-8,14H,13H2,(H,15,16,17);1H,7-10H2,(H,11,12,13). The molecule has 20 heteroatoms. The van der Waals surface area contributed by atoms with Crippen LogP contribution in [0, 0.1) is 0 Å². The summed E-state index contributed by atoms with van der Waals surface area (Å²) in [4.78, 5) is -1.03. The number of hydrogen-bond acceptors (Lipinski definition) is 14. The molecule has 0 unspecified atom stereocenters. The molecule has 5 aromatic rings. The fraction of sp³-hybridized carbons (Fsp3) is 0. The quantitative estimate of drug-likeness (QED) is 0.0833. The number of nitrogens with one attached hydrogen (secondary N) is 2. The smallest absolute Gasteiger partial charge is 0.296 e. The number of anilines is 10. The first kappa shape index (κ1) is 38.7. The van der Waals surface area contributed by atoms with Gasteiger partial charge in [0.1, 0.15) is 14.7 Å². The molecule has 0 fully saturated rings. The summed E-state index contributed by atoms with van der Waals surface area (Å²) in [5, 5.41) is 5.82. The van der Waals surface area contributed by atoms with Crippen molar-refractivity contribution in [2.24, 2.45) is 0 Å². The molecular formula is C30H34N8O9S3. The molecule has 0 amide bonds. The SMILES string of the molecule is Nc1cc(S(=O)(=O)O)c(N)c(N)c1N.Nc1ccc(Nc2ccccc2)c(S(=O)(=O)O)c1.Nc1ccc(Nc2ccccc2)c(S(=O)(=O)O)c1. The largest absolute Gasteiger partial charge is 0.399 e. The van der Waals surface area contributed by atoms with Gasteiger partial charge in [-0.25, -0.2) is 0 Å². The first-order valence-electron chi connectivity index (χ1n) is 13.8. The second kappa shape index (κ2) is 15.6. The summed E-state index contributed by atoms with van der Waals surface area (Å²) in [5.74, 6) is 0. The van der Waals surface area contributed by atoms with E-state index >= 15 is 0 Å². The molecule has 0 spiro atoms. The van der Waals surface area contributed by atoms with Gasteiger partial charge in [-0.3, -0.25) is 13.7 Å². The van der Waals surface area contributed by atoms with Gasteiger partial charge in [0.25, 0.3) is 30.4 Å². The van der Waals surface area contributed by atoms with Gasteiger partial charge in [0.15, 0.2) is 0 Å². The van der Waals surface area contributed by atoms with Crippen molar-refractivity contribution in [3.05, 3.63) is 103 Å². The Morgan fingerprint density at radius 1 is 0.420 bits per heavy atom. The maximum Gasteiger partial charge on any atom is 0.296 e. The van der Waals surface area contributed by atoms with E-state index in [4.69, 9.17) is 48.1 Å². The molecule has 5 aromatic carbocycles. The molecule has 17 nitrogen and oxygen atoms in total. The molecule has 266 valence electrons. The highest BCUT2D eigenvalue weighted by molar-refractivity contribution is 7.86. The maximum atomic E-state index is 11.3. The number of para-hydroxylation sites is 2. The molecular weight excluding hydrogens is 713 g/mol. The van der Waals surface area contributed by atoms with E-state index in [-0.39, 0.29) is 55.3 Å². The van der Waals surface area contributed by atoms with Crippen LogP contribution >= 0.6 is 0 Å². The lowest BCUT2D eigenvalue weighted by molar-refractivity contribution is 0.481. The second-order valence-electron chi connectivity index (χ2n) is 10.1. The van der Waals surface area contributed by atoms with Crippen molar-refractivity contribution in [2.75, 3.05) is 45.0 Å². The van der Waals surface area contributed by atoms with Gasteiger partial charge in [0.2, 0.25) is 0 Å². The third-order valence-corrected chi connectivity index (χ3v) is 9.07. The summed E-state index contributed by atoms with van der Waals surface area (Å²) in [7, 11) is -13.1. The highest BCUT2D eigenvalue weighted by Crippen LogP contribution is 2.34. The minimum absolute atomic E-state index is 0.00472. The van der Waals surface area contributed by atoms with E-state index in [0.29, 0.717) is 11.4 Å². The number of rotatable bonds is 7. The highest BCUT2D eigenvalue weighted by Gasteiger charge is 2.20. The summed E-state index contributed by atoms with van der Waals surface area (Å²) in [6.45, 7) is 0. The van der Waals surface area contributed by atoms with Crippen LogP contribution in [0.4, 0.5) is 56.9 Å². The van der Waals surface area contributed by atoms with Gasteiger partial charge in [-0.1, -0.05) is 36.4 Å². The average Bonchev–Trinajstić information content (AvgIpc) is 3.03. The maximum absolute atomic E-state index is 11.3. The molecule has 0 atom stereocenters. The van der Waals surface area contributed by atoms with E-state index < -0.39 is 35.2 Å². The monoisotopic (exact) mass is 746 g/mol. The van der Waals surface area contributed by atoms with Gasteiger partial charge in [0.05, 0.1) is 34.1 Å². The van der Waals surface area contributed by atoms with Crippen LogP contribution < -0.4 is 45.0 Å². The van der Waals surface area contributed by atoms with Crippen LogP contribution in [0.1, 0.15) is 0 Å². The molecule has 0 saturated carbocycles. The van der Waals surface area contributed by atoms with Crippen molar-refractivity contribution in [3.63, 3.8) is 0 Å². The van der Waals surface area contributed by atoms with Gasteiger partial charge >= 0.3 is 0 Å². The molecule has 5 rings (SSSR count). The van der Waals surface area contributed by atoms with Gasteiger partial charge in [-0.2, -0.15) is 25.3 Å². The van der Waals surface area contributed by atoms with E-state index in [1.807, 2.05) is 36.4 Å². The minimum Gasteiger partial charge on any atom is -0.399 e. The molecule has 0 heterocycles. The Morgan fingerprint density at radius 3 is 1.12 bits per heavy atom. The summed E-state index contributed by atoms with van der Waals surface area (Å²) in [6.07, 6.45) is 0. The lowest BCUT2D eigenvalue weighted by Crippen LogP contribution is -2.10. The third-order valence-electron chi connectivity index (χ3n) is 6.39. The van der Waals surface area contributed by atoms with Crippen LogP contribution in [0.5, 0.6) is 0 Å². The Hall–Kier alpha value is -5.77. The van der Waals surface area contributed by atoms with E-state index in [0.717, 1.165) is 6.07 Å². The first-order valence-corrected chi connectivity index (χ1v) is 18.1. The molecule has 17 N–H and O–H groups in total. The van der Waals surface area contributed by atoms with E-state index in [9.17, 15) is 25.3 Å². The Labute approximate surface area is 288 Å². The average molecular weight is 747 g/mol. The highest BCUT2D eigenvalue weighted by atomic mass is 32.2. The van der Waals surface area contributed by atoms with Crippen molar-refractivity contribution in [1.82, 2.24) is 0 Å². The number of benzene rings is 5. The van der Waals surface area contributed by atoms with Gasteiger partial charge < -0.3 is 45.0 Å². The predicted octanol–water partition coefficient (Wildman–Crippen LogP) is 3.78. The van der Waals surface area contributed by atoms with Gasteiger partial charge in [-0.05, 0) is 66.7 Å². The zero-order valence-corrected chi connectivity index (χ0v) is 28.2. The van der Waals surface area contributed by atoms with Crippen molar-refractivity contribution in [2.45, 2.75) is 14.7 Å². The van der Waals surface area contributed by atoms with Crippen molar-refractivity contribution < 1.29 is 38.9 Å². The summed E-state index contributed by atoms with van der Waals surface area (Å²) < 4.78 is 93.7. The van der Waals surface area contributed by atoms with Crippen LogP contribution in [0.2, 0.25) is 0 Å². The molecule has 50 heavy (non-hydrogen) atoms. The summed E-state index contributed by atoms with van der Waals surface area (Å²) in [6, 6.07) is 27.6. The molecule has 0 bridgehead atoms. The van der Waals surface area contributed by atoms with Crippen LogP contribution in [0.15, 0.2) is 118 Å². The zero-order valence-electron chi connectivity index (χ0n) is 25.8. The van der Waals surface area contributed by atoms with Crippen LogP contribution in [0.3, 0.4) is 0 Å². The van der Waals surface area contributed by atoms with E-state index in [2.05, 4.69) is 10.6 Å². The number of nitrogen functional groups attached to an aromatic ring is 6. The second-order valence-corrected chi connectivity index (χ2v) is 14.3. The Bertz CT molecular complexity index is 2190. The number of nitrogens with two attached hydrogens (primary N) is 6. The van der Waals surface area contributed by atoms with Gasteiger partial charge in [-0.15, -0.1) is 0 Å². The third kappa shape index (κ3) is 10.6. The first-order chi connectivity index (χ1) is 23.2. The molecule has 0 aliphatic rings.